The van der Waals surface area contributed by atoms with Crippen molar-refractivity contribution < 1.29 is 23.9 Å². The molecule has 0 atom stereocenters. The smallest absolute Gasteiger partial charge is 0.362 e. The topological polar surface area (TPSA) is 73.9 Å². The molecule has 0 saturated heterocycles. The van der Waals surface area contributed by atoms with Crippen LogP contribution in [0.2, 0.25) is 5.02 Å². The van der Waals surface area contributed by atoms with E-state index in [4.69, 9.17) is 25.9 Å². The van der Waals surface area contributed by atoms with E-state index >= 15 is 0 Å². The molecule has 27 heavy (non-hydrogen) atoms. The van der Waals surface area contributed by atoms with Gasteiger partial charge in [-0.25, -0.2) is 15.1 Å². The van der Waals surface area contributed by atoms with Crippen LogP contribution < -0.4 is 10.2 Å². The Balaban J connectivity index is 1.69. The number of carbonyl (C=O) groups excluding carboxylic acids is 2. The van der Waals surface area contributed by atoms with Gasteiger partial charge in [-0.15, -0.1) is 0 Å². The van der Waals surface area contributed by atoms with Gasteiger partial charge in [0.15, 0.2) is 0 Å². The molecule has 0 saturated carbocycles. The molecule has 6 nitrogen and oxygen atoms in total. The minimum Gasteiger partial charge on any atom is -0.494 e. The predicted octanol–water partition coefficient (Wildman–Crippen LogP) is 4.41. The first-order valence-corrected chi connectivity index (χ1v) is 8.71. The highest BCUT2D eigenvalue weighted by Crippen LogP contribution is 2.16. The lowest BCUT2D eigenvalue weighted by Gasteiger charge is -2.08. The predicted molar refractivity (Wildman–Crippen MR) is 103 cm³/mol. The van der Waals surface area contributed by atoms with Gasteiger partial charge in [0.05, 0.1) is 24.5 Å². The number of anilines is 1. The number of benzene rings is 2. The second-order valence-electron chi connectivity index (χ2n) is 5.45. The maximum absolute atomic E-state index is 12.0. The Hall–Kier alpha value is -2.99. The van der Waals surface area contributed by atoms with Gasteiger partial charge in [-0.1, -0.05) is 18.2 Å². The Labute approximate surface area is 162 Å². The van der Waals surface area contributed by atoms with Crippen molar-refractivity contribution in [2.75, 3.05) is 18.7 Å². The zero-order chi connectivity index (χ0) is 19.5. The first-order valence-electron chi connectivity index (χ1n) is 8.33. The molecule has 0 amide bonds. The molecule has 2 aromatic carbocycles. The molecule has 0 fully saturated rings. The number of hydrogen-bond donors (Lipinski definition) is 1. The molecule has 0 aliphatic heterocycles. The van der Waals surface area contributed by atoms with Crippen molar-refractivity contribution in [2.24, 2.45) is 0 Å². The maximum atomic E-state index is 12.0. The first-order chi connectivity index (χ1) is 13.1. The Kier molecular flexibility index (Phi) is 8.19. The molecule has 0 heterocycles. The molecule has 7 heteroatoms. The van der Waals surface area contributed by atoms with Crippen LogP contribution in [0.1, 0.15) is 23.2 Å². The number of hydrogen-bond acceptors (Lipinski definition) is 6. The van der Waals surface area contributed by atoms with E-state index in [1.807, 2.05) is 0 Å². The second kappa shape index (κ2) is 10.9. The van der Waals surface area contributed by atoms with Crippen LogP contribution in [0.25, 0.3) is 0 Å². The van der Waals surface area contributed by atoms with Gasteiger partial charge in [0, 0.05) is 11.1 Å². The monoisotopic (exact) mass is 389 g/mol. The third kappa shape index (κ3) is 7.42. The molecule has 1 N–H and O–H groups in total. The number of carbonyl (C=O) groups is 2. The van der Waals surface area contributed by atoms with Gasteiger partial charge < -0.3 is 14.3 Å². The fourth-order valence-corrected chi connectivity index (χ4v) is 2.12. The third-order valence-electron chi connectivity index (χ3n) is 3.41. The molecular formula is C20H20ClNO5. The van der Waals surface area contributed by atoms with E-state index in [0.717, 1.165) is 12.5 Å². The molecule has 0 aliphatic carbocycles. The van der Waals surface area contributed by atoms with Crippen molar-refractivity contribution >= 4 is 29.2 Å². The van der Waals surface area contributed by atoms with Crippen molar-refractivity contribution in [3.63, 3.8) is 0 Å². The van der Waals surface area contributed by atoms with E-state index in [1.54, 1.807) is 48.5 Å². The average Bonchev–Trinajstić information content (AvgIpc) is 2.70. The molecule has 2 aromatic rings. The summed E-state index contributed by atoms with van der Waals surface area (Å²) in [4.78, 5) is 27.9. The SMILES string of the molecule is C=CC(=O)OCCCCOc1ccc(C(=O)ONc2ccc(Cl)cc2)cc1. The van der Waals surface area contributed by atoms with E-state index in [2.05, 4.69) is 12.1 Å². The van der Waals surface area contributed by atoms with Crippen LogP contribution >= 0.6 is 11.6 Å². The number of rotatable bonds is 10. The lowest BCUT2D eigenvalue weighted by Crippen LogP contribution is -2.10. The molecule has 2 rings (SSSR count). The van der Waals surface area contributed by atoms with Crippen molar-refractivity contribution in [3.8, 4) is 5.75 Å². The second-order valence-corrected chi connectivity index (χ2v) is 5.89. The largest absolute Gasteiger partial charge is 0.494 e. The van der Waals surface area contributed by atoms with Crippen LogP contribution in [0, 0.1) is 0 Å². The zero-order valence-electron chi connectivity index (χ0n) is 14.7. The summed E-state index contributed by atoms with van der Waals surface area (Å²) in [6, 6.07) is 13.4. The molecule has 0 spiro atoms. The van der Waals surface area contributed by atoms with Crippen LogP contribution in [0.4, 0.5) is 5.69 Å². The van der Waals surface area contributed by atoms with Crippen LogP contribution in [-0.2, 0) is 14.4 Å². The fourth-order valence-electron chi connectivity index (χ4n) is 2.00. The summed E-state index contributed by atoms with van der Waals surface area (Å²) >= 11 is 5.79. The van der Waals surface area contributed by atoms with Crippen LogP contribution in [-0.4, -0.2) is 25.2 Å². The quantitative estimate of drug-likeness (QED) is 0.281. The summed E-state index contributed by atoms with van der Waals surface area (Å²) in [5.74, 6) is -0.301. The van der Waals surface area contributed by atoms with Crippen LogP contribution in [0.5, 0.6) is 5.75 Å². The molecular weight excluding hydrogens is 370 g/mol. The fraction of sp³-hybridized carbons (Fsp3) is 0.200. The highest BCUT2D eigenvalue weighted by molar-refractivity contribution is 6.30. The summed E-state index contributed by atoms with van der Waals surface area (Å²) < 4.78 is 10.4. The zero-order valence-corrected chi connectivity index (χ0v) is 15.4. The summed E-state index contributed by atoms with van der Waals surface area (Å²) in [5, 5.41) is 0.597. The van der Waals surface area contributed by atoms with E-state index in [-0.39, 0.29) is 0 Å². The molecule has 0 aromatic heterocycles. The van der Waals surface area contributed by atoms with Gasteiger partial charge in [-0.2, -0.15) is 0 Å². The van der Waals surface area contributed by atoms with Crippen molar-refractivity contribution in [2.45, 2.75) is 12.8 Å². The minimum absolute atomic E-state index is 0.333. The lowest BCUT2D eigenvalue weighted by atomic mass is 10.2. The van der Waals surface area contributed by atoms with Crippen LogP contribution in [0.3, 0.4) is 0 Å². The number of esters is 1. The van der Waals surface area contributed by atoms with E-state index < -0.39 is 11.9 Å². The Morgan fingerprint density at radius 2 is 1.67 bits per heavy atom. The molecule has 0 bridgehead atoms. The van der Waals surface area contributed by atoms with Crippen molar-refractivity contribution in [3.05, 3.63) is 71.8 Å². The summed E-state index contributed by atoms with van der Waals surface area (Å²) in [7, 11) is 0. The van der Waals surface area contributed by atoms with Crippen LogP contribution in [0.15, 0.2) is 61.2 Å². The van der Waals surface area contributed by atoms with E-state index in [9.17, 15) is 9.59 Å². The number of halogens is 1. The standard InChI is InChI=1S/C20H20ClNO5/c1-2-19(23)26-14-4-3-13-25-18-11-5-15(6-12-18)20(24)27-22-17-9-7-16(21)8-10-17/h2,5-12,22H,1,3-4,13-14H2. The number of unbranched alkanes of at least 4 members (excludes halogenated alkanes) is 1. The van der Waals surface area contributed by atoms with Crippen molar-refractivity contribution in [1.29, 1.82) is 0 Å². The highest BCUT2D eigenvalue weighted by Gasteiger charge is 2.08. The maximum Gasteiger partial charge on any atom is 0.362 e. The number of nitrogens with one attached hydrogen (secondary N) is 1. The summed E-state index contributed by atoms with van der Waals surface area (Å²) in [6.45, 7) is 4.14. The Morgan fingerprint density at radius 1 is 1.00 bits per heavy atom. The van der Waals surface area contributed by atoms with E-state index in [1.165, 1.54) is 0 Å². The minimum atomic E-state index is -0.513. The van der Waals surface area contributed by atoms with Gasteiger partial charge in [0.2, 0.25) is 0 Å². The molecule has 142 valence electrons. The average molecular weight is 390 g/mol. The Bertz CT molecular complexity index is 759. The third-order valence-corrected chi connectivity index (χ3v) is 3.67. The lowest BCUT2D eigenvalue weighted by molar-refractivity contribution is -0.137. The first kappa shape index (κ1) is 20.3. The summed E-state index contributed by atoms with van der Waals surface area (Å²) in [5.41, 5.74) is 3.58. The van der Waals surface area contributed by atoms with Gasteiger partial charge >= 0.3 is 11.9 Å². The molecule has 0 radical (unpaired) electrons. The van der Waals surface area contributed by atoms with E-state index in [0.29, 0.717) is 41.7 Å². The number of ether oxygens (including phenoxy) is 2. The normalized spacial score (nSPS) is 9.96. The highest BCUT2D eigenvalue weighted by atomic mass is 35.5. The van der Waals surface area contributed by atoms with Gasteiger partial charge in [0.1, 0.15) is 5.75 Å². The van der Waals surface area contributed by atoms with Gasteiger partial charge in [0.25, 0.3) is 0 Å². The Morgan fingerprint density at radius 3 is 2.33 bits per heavy atom. The van der Waals surface area contributed by atoms with Gasteiger partial charge in [-0.05, 0) is 61.4 Å². The van der Waals surface area contributed by atoms with Crippen molar-refractivity contribution in [1.82, 2.24) is 0 Å². The molecule has 0 unspecified atom stereocenters. The molecule has 0 aliphatic rings. The van der Waals surface area contributed by atoms with Gasteiger partial charge in [-0.3, -0.25) is 0 Å². The summed E-state index contributed by atoms with van der Waals surface area (Å²) in [6.07, 6.45) is 2.56.